The van der Waals surface area contributed by atoms with Crippen molar-refractivity contribution >= 4 is 81.9 Å². The lowest BCUT2D eigenvalue weighted by Crippen LogP contribution is -2.66. The summed E-state index contributed by atoms with van der Waals surface area (Å²) >= 11 is 1.30. The van der Waals surface area contributed by atoms with E-state index in [2.05, 4.69) is 36.9 Å². The molecular weight excluding hydrogens is 1230 g/mol. The van der Waals surface area contributed by atoms with E-state index in [1.165, 1.54) is 17.8 Å². The second-order valence-electron chi connectivity index (χ2n) is 24.7. The van der Waals surface area contributed by atoms with Gasteiger partial charge in [0.1, 0.15) is 23.4 Å². The van der Waals surface area contributed by atoms with Crippen molar-refractivity contribution in [1.82, 2.24) is 61.4 Å². The molecule has 0 unspecified atom stereocenters. The fourth-order valence-electron chi connectivity index (χ4n) is 11.4. The number of piperidine rings is 1. The summed E-state index contributed by atoms with van der Waals surface area (Å²) in [4.78, 5) is 143. The van der Waals surface area contributed by atoms with Gasteiger partial charge in [-0.2, -0.15) is 0 Å². The molecule has 12 N–H and O–H groups in total. The Morgan fingerprint density at radius 3 is 1.83 bits per heavy atom. The summed E-state index contributed by atoms with van der Waals surface area (Å²) in [5, 5.41) is 46.5. The van der Waals surface area contributed by atoms with E-state index in [9.17, 15) is 67.7 Å². The van der Waals surface area contributed by atoms with E-state index in [-0.39, 0.29) is 165 Å². The van der Waals surface area contributed by atoms with Crippen molar-refractivity contribution in [1.29, 1.82) is 0 Å². The molecule has 3 atom stereocenters. The van der Waals surface area contributed by atoms with Crippen molar-refractivity contribution < 1.29 is 67.7 Å². The predicted octanol–water partition coefficient (Wildman–Crippen LogP) is 1.54. The van der Waals surface area contributed by atoms with Gasteiger partial charge in [-0.3, -0.25) is 67.5 Å². The summed E-state index contributed by atoms with van der Waals surface area (Å²) in [6.45, 7) is 7.68. The Morgan fingerprint density at radius 2 is 1.24 bits per heavy atom. The minimum Gasteiger partial charge on any atom is -0.480 e. The number of aromatic nitrogens is 1. The summed E-state index contributed by atoms with van der Waals surface area (Å²) in [6.07, 6.45) is 4.14. The zero-order valence-corrected chi connectivity index (χ0v) is 55.0. The van der Waals surface area contributed by atoms with Gasteiger partial charge >= 0.3 is 17.9 Å². The number of rotatable bonds is 35. The predicted molar refractivity (Wildman–Crippen MR) is 354 cm³/mol. The lowest BCUT2D eigenvalue weighted by Gasteiger charge is -2.42. The van der Waals surface area contributed by atoms with Gasteiger partial charge in [0.25, 0.3) is 0 Å². The summed E-state index contributed by atoms with van der Waals surface area (Å²) in [5.74, 6) is -6.34. The monoisotopic (exact) mass is 1330 g/mol. The molecule has 7 amide bonds. The highest BCUT2D eigenvalue weighted by Crippen LogP contribution is 2.28. The van der Waals surface area contributed by atoms with E-state index in [0.717, 1.165) is 22.0 Å². The average molecular weight is 1330 g/mol. The van der Waals surface area contributed by atoms with Crippen molar-refractivity contribution in [3.63, 3.8) is 0 Å². The van der Waals surface area contributed by atoms with Crippen molar-refractivity contribution in [2.75, 3.05) is 117 Å². The fourth-order valence-corrected chi connectivity index (χ4v) is 12.7. The van der Waals surface area contributed by atoms with Crippen LogP contribution in [-0.2, 0) is 67.3 Å². The van der Waals surface area contributed by atoms with Crippen molar-refractivity contribution in [3.05, 3.63) is 107 Å². The Labute approximate surface area is 552 Å². The number of benzene rings is 3. The second-order valence-corrected chi connectivity index (χ2v) is 26.0. The Bertz CT molecular complexity index is 3150. The maximum absolute atomic E-state index is 14.7. The largest absolute Gasteiger partial charge is 0.480 e. The van der Waals surface area contributed by atoms with Gasteiger partial charge in [-0.1, -0.05) is 80.9 Å². The number of hydrogen-bond donors (Lipinski definition) is 11. The van der Waals surface area contributed by atoms with Gasteiger partial charge in [-0.25, -0.2) is 4.39 Å². The zero-order chi connectivity index (χ0) is 68.2. The maximum atomic E-state index is 14.7. The van der Waals surface area contributed by atoms with Crippen LogP contribution in [0.5, 0.6) is 0 Å². The SMILES string of the molecule is Cc1ccc(CNCC(=O)N2CCC(NC(=O)[C@H](CC(C)C)SCCNC(=O)[C@H](Cc3ccccc3)NC(=O)CCCCCNC(=O)CN3CCN(CC(=O)O)CCN(CC(=O)O)CCN(CC(=O)O)CC3)(C(=O)N[C@@H](Cc3c[nH]c4ccccc34)C(N)=O)CC2)cc1F. The van der Waals surface area contributed by atoms with E-state index in [1.54, 1.807) is 44.9 Å². The van der Waals surface area contributed by atoms with Crippen molar-refractivity contribution in [2.45, 2.75) is 108 Å². The standard InChI is InChI=1S/C66H94FN13O13S/c1-45(2)34-55(64(92)75-66(65(93)74-53(62(68)90)37-49-39-72-52-15-10-9-14-50(49)52)19-23-80(24-20-66)58(83)40-69-38-48-18-17-46(3)51(67)35-48)94-33-22-71-63(91)54(36-47-12-6-4-7-13-47)73-56(81)16-8-5-11-21-70-57(82)41-76-25-27-77(42-59(84)85)29-31-79(44-61(88)89)32-30-78(28-26-76)43-60(86)87/h4,6-7,9-10,12-15,17-18,35,39,45,53-55,69,72H,5,8,11,16,19-34,36-38,40-44H2,1-3H3,(H2,68,90)(H,70,82)(H,71,91)(H,73,81)(H,74,93)(H,75,92)(H,84,85)(H,86,87)(H,88,89)/t53-,54-,55-/m0/s1. The van der Waals surface area contributed by atoms with Crippen LogP contribution in [0.3, 0.4) is 0 Å². The highest BCUT2D eigenvalue weighted by atomic mass is 32.2. The lowest BCUT2D eigenvalue weighted by molar-refractivity contribution is -0.140. The van der Waals surface area contributed by atoms with E-state index in [0.29, 0.717) is 56.4 Å². The van der Waals surface area contributed by atoms with E-state index in [1.807, 2.05) is 73.3 Å². The lowest BCUT2D eigenvalue weighted by atomic mass is 9.85. The number of primary amides is 1. The molecule has 2 aliphatic heterocycles. The second kappa shape index (κ2) is 38.4. The van der Waals surface area contributed by atoms with Crippen LogP contribution < -0.4 is 37.6 Å². The number of aliphatic carboxylic acids is 3. The van der Waals surface area contributed by atoms with Crippen LogP contribution in [0.25, 0.3) is 10.9 Å². The van der Waals surface area contributed by atoms with Crippen LogP contribution in [-0.4, -0.2) is 244 Å². The molecule has 0 bridgehead atoms. The van der Waals surface area contributed by atoms with E-state index >= 15 is 0 Å². The number of hydrogen-bond acceptors (Lipinski definition) is 16. The quantitative estimate of drug-likeness (QED) is 0.0291. The molecule has 514 valence electrons. The average Bonchev–Trinajstić information content (AvgIpc) is 0.992. The minimum atomic E-state index is -1.56. The number of thioether (sulfide) groups is 1. The summed E-state index contributed by atoms with van der Waals surface area (Å²) in [7, 11) is 0. The van der Waals surface area contributed by atoms with Gasteiger partial charge in [0.15, 0.2) is 0 Å². The van der Waals surface area contributed by atoms with Gasteiger partial charge in [-0.05, 0) is 79.3 Å². The number of aromatic amines is 1. The van der Waals surface area contributed by atoms with Crippen LogP contribution >= 0.6 is 11.8 Å². The van der Waals surface area contributed by atoms with Crippen LogP contribution in [0, 0.1) is 18.7 Å². The molecule has 94 heavy (non-hydrogen) atoms. The molecular formula is C66H94FN13O13S. The molecule has 2 aliphatic rings. The molecule has 26 nitrogen and oxygen atoms in total. The molecule has 0 spiro atoms. The molecule has 1 aromatic heterocycles. The minimum absolute atomic E-state index is 0.0156. The van der Waals surface area contributed by atoms with Crippen LogP contribution in [0.15, 0.2) is 79.0 Å². The first-order valence-corrected chi connectivity index (χ1v) is 33.3. The number of H-pyrrole nitrogens is 1. The highest BCUT2D eigenvalue weighted by Gasteiger charge is 2.46. The molecule has 0 saturated carbocycles. The van der Waals surface area contributed by atoms with Gasteiger partial charge in [0.05, 0.1) is 38.0 Å². The topological polar surface area (TPSA) is 362 Å². The molecule has 0 radical (unpaired) electrons. The number of nitrogens with zero attached hydrogens (tertiary/aromatic N) is 5. The number of carboxylic acids is 3. The van der Waals surface area contributed by atoms with Crippen LogP contribution in [0.2, 0.25) is 0 Å². The third-order valence-corrected chi connectivity index (χ3v) is 18.0. The van der Waals surface area contributed by atoms with Gasteiger partial charge in [0, 0.05) is 127 Å². The number of carbonyl (C=O) groups excluding carboxylic acids is 7. The van der Waals surface area contributed by atoms with Gasteiger partial charge in [0.2, 0.25) is 41.4 Å². The number of carbonyl (C=O) groups is 10. The normalized spacial score (nSPS) is 16.4. The number of nitrogens with one attached hydrogen (secondary N) is 7. The first-order chi connectivity index (χ1) is 44.9. The molecule has 3 aromatic carbocycles. The third kappa shape index (κ3) is 25.7. The Morgan fingerprint density at radius 1 is 0.649 bits per heavy atom. The van der Waals surface area contributed by atoms with Crippen LogP contribution in [0.4, 0.5) is 4.39 Å². The van der Waals surface area contributed by atoms with Crippen molar-refractivity contribution in [2.24, 2.45) is 11.7 Å². The summed E-state index contributed by atoms with van der Waals surface area (Å²) in [6, 6.07) is 19.5. The molecule has 28 heteroatoms. The number of amides is 7. The first kappa shape index (κ1) is 75.0. The Kier molecular flexibility index (Phi) is 30.6. The number of aryl methyl sites for hydroxylation is 1. The number of halogens is 1. The smallest absolute Gasteiger partial charge is 0.317 e. The summed E-state index contributed by atoms with van der Waals surface area (Å²) < 4.78 is 14.2. The third-order valence-electron chi connectivity index (χ3n) is 16.8. The molecule has 2 fully saturated rings. The number of carboxylic acid groups (broad SMARTS) is 3. The zero-order valence-electron chi connectivity index (χ0n) is 54.1. The first-order valence-electron chi connectivity index (χ1n) is 32.2. The highest BCUT2D eigenvalue weighted by molar-refractivity contribution is 8.00. The maximum Gasteiger partial charge on any atom is 0.317 e. The summed E-state index contributed by atoms with van der Waals surface area (Å²) in [5.41, 5.74) is 7.96. The van der Waals surface area contributed by atoms with E-state index in [4.69, 9.17) is 5.73 Å². The number of fused-ring (bicyclic) bond motifs is 1. The van der Waals surface area contributed by atoms with Gasteiger partial charge in [-0.15, -0.1) is 11.8 Å². The molecule has 2 saturated heterocycles. The Hall–Kier alpha value is -8.02. The number of unbranched alkanes of at least 4 members (excludes halogenated alkanes) is 2. The number of likely N-dealkylation sites (tertiary alicyclic amines) is 1. The fraction of sp³-hybridized carbons (Fsp3) is 0.545. The molecule has 0 aliphatic carbocycles. The number of para-hydroxylation sites is 1. The molecule has 4 aromatic rings. The Balaban J connectivity index is 1.01. The van der Waals surface area contributed by atoms with Crippen LogP contribution in [0.1, 0.15) is 81.0 Å². The number of nitrogens with two attached hydrogens (primary N) is 1. The molecule has 3 heterocycles. The van der Waals surface area contributed by atoms with Crippen molar-refractivity contribution in [3.8, 4) is 0 Å². The molecule has 6 rings (SSSR count). The van der Waals surface area contributed by atoms with Gasteiger partial charge < -0.3 is 62.8 Å². The van der Waals surface area contributed by atoms with E-state index < -0.39 is 64.4 Å².